The van der Waals surface area contributed by atoms with E-state index in [4.69, 9.17) is 0 Å². The topological polar surface area (TPSA) is 50.8 Å². The van der Waals surface area contributed by atoms with Crippen molar-refractivity contribution in [3.05, 3.63) is 12.4 Å². The fourth-order valence-electron chi connectivity index (χ4n) is 0.167. The molecule has 0 spiro atoms. The van der Waals surface area contributed by atoms with Crippen molar-refractivity contribution in [1.82, 2.24) is 15.4 Å². The van der Waals surface area contributed by atoms with Gasteiger partial charge in [-0.25, -0.2) is 0 Å². The van der Waals surface area contributed by atoms with Gasteiger partial charge in [-0.2, -0.15) is 0 Å². The van der Waals surface area contributed by atoms with E-state index >= 15 is 0 Å². The van der Waals surface area contributed by atoms with E-state index in [-0.39, 0.29) is 0 Å². The first-order chi connectivity index (χ1) is 3.91. The maximum atomic E-state index is 4.25. The van der Waals surface area contributed by atoms with Crippen LogP contribution in [0.2, 0.25) is 0 Å². The minimum absolute atomic E-state index is 1.58. The largest absolute Gasteiger partial charge is 0.388 e. The Morgan fingerprint density at radius 3 is 2.25 bits per heavy atom. The molecule has 4 heteroatoms. The first kappa shape index (κ1) is 7.10. The van der Waals surface area contributed by atoms with Gasteiger partial charge < -0.3 is 4.74 Å². The van der Waals surface area contributed by atoms with Crippen molar-refractivity contribution in [2.45, 2.75) is 0 Å². The highest BCUT2D eigenvalue weighted by Gasteiger charge is 1.57. The standard InChI is InChI=1S/C2H3N3.C2H6O/c1-2-4-5-3-1;1-3-2/h1-2H,(H,3,4,5);1-2H3. The van der Waals surface area contributed by atoms with Gasteiger partial charge in [-0.3, -0.25) is 5.10 Å². The number of methoxy groups -OCH3 is 1. The minimum Gasteiger partial charge on any atom is -0.388 e. The zero-order chi connectivity index (χ0) is 6.24. The van der Waals surface area contributed by atoms with Crippen LogP contribution in [0.1, 0.15) is 0 Å². The van der Waals surface area contributed by atoms with Crippen molar-refractivity contribution in [3.8, 4) is 0 Å². The van der Waals surface area contributed by atoms with Gasteiger partial charge in [0.25, 0.3) is 0 Å². The van der Waals surface area contributed by atoms with E-state index in [1.54, 1.807) is 26.6 Å². The summed E-state index contributed by atoms with van der Waals surface area (Å²) >= 11 is 0. The Labute approximate surface area is 47.9 Å². The Kier molecular flexibility index (Phi) is 5.41. The summed E-state index contributed by atoms with van der Waals surface area (Å²) in [6, 6.07) is 0. The zero-order valence-electron chi connectivity index (χ0n) is 4.96. The molecule has 4 nitrogen and oxygen atoms in total. The van der Waals surface area contributed by atoms with E-state index in [2.05, 4.69) is 20.1 Å². The quantitative estimate of drug-likeness (QED) is 0.520. The first-order valence-corrected chi connectivity index (χ1v) is 2.12. The van der Waals surface area contributed by atoms with E-state index in [1.807, 2.05) is 0 Å². The highest BCUT2D eigenvalue weighted by molar-refractivity contribution is 4.54. The predicted molar refractivity (Wildman–Crippen MR) is 29.3 cm³/mol. The highest BCUT2D eigenvalue weighted by atomic mass is 16.4. The van der Waals surface area contributed by atoms with Crippen molar-refractivity contribution in [1.29, 1.82) is 0 Å². The minimum atomic E-state index is 1.58. The first-order valence-electron chi connectivity index (χ1n) is 2.12. The van der Waals surface area contributed by atoms with E-state index in [9.17, 15) is 0 Å². The van der Waals surface area contributed by atoms with Crippen LogP contribution in [0.3, 0.4) is 0 Å². The monoisotopic (exact) mass is 115 g/mol. The van der Waals surface area contributed by atoms with Crippen LogP contribution in [0.15, 0.2) is 12.4 Å². The van der Waals surface area contributed by atoms with Gasteiger partial charge >= 0.3 is 0 Å². The average molecular weight is 115 g/mol. The van der Waals surface area contributed by atoms with Crippen LogP contribution < -0.4 is 0 Å². The fourth-order valence-corrected chi connectivity index (χ4v) is 0.167. The average Bonchev–Trinajstić information content (AvgIpc) is 2.17. The molecule has 8 heavy (non-hydrogen) atoms. The summed E-state index contributed by atoms with van der Waals surface area (Å²) in [6.45, 7) is 0. The lowest BCUT2D eigenvalue weighted by molar-refractivity contribution is 0.277. The molecular formula is C4H9N3O. The van der Waals surface area contributed by atoms with Crippen LogP contribution in [-0.2, 0) is 4.74 Å². The summed E-state index contributed by atoms with van der Waals surface area (Å²) in [6.07, 6.45) is 3.24. The molecule has 0 aliphatic carbocycles. The Morgan fingerprint density at radius 2 is 2.12 bits per heavy atom. The molecule has 0 radical (unpaired) electrons. The Balaban J connectivity index is 0.000000145. The molecule has 0 fully saturated rings. The van der Waals surface area contributed by atoms with Gasteiger partial charge in [-0.05, 0) is 0 Å². The molecule has 0 aromatic carbocycles. The smallest absolute Gasteiger partial charge is 0.0690 e. The molecule has 0 saturated carbocycles. The molecule has 0 bridgehead atoms. The van der Waals surface area contributed by atoms with E-state index in [1.165, 1.54) is 0 Å². The van der Waals surface area contributed by atoms with Crippen LogP contribution >= 0.6 is 0 Å². The highest BCUT2D eigenvalue weighted by Crippen LogP contribution is 1.55. The van der Waals surface area contributed by atoms with Gasteiger partial charge in [0.05, 0.1) is 6.20 Å². The lowest BCUT2D eigenvalue weighted by Gasteiger charge is -1.61. The molecule has 0 aliphatic rings. The third kappa shape index (κ3) is 5.10. The lowest BCUT2D eigenvalue weighted by atomic mass is 11.0. The van der Waals surface area contributed by atoms with E-state index in [0.29, 0.717) is 0 Å². The van der Waals surface area contributed by atoms with Crippen molar-refractivity contribution in [2.24, 2.45) is 0 Å². The number of hydrogen-bond acceptors (Lipinski definition) is 3. The van der Waals surface area contributed by atoms with Gasteiger partial charge in [0, 0.05) is 20.4 Å². The summed E-state index contributed by atoms with van der Waals surface area (Å²) in [5, 5.41) is 9.26. The molecule has 46 valence electrons. The number of hydrogen-bond donors (Lipinski definition) is 1. The molecule has 1 aromatic heterocycles. The molecule has 0 aliphatic heterocycles. The summed E-state index contributed by atoms with van der Waals surface area (Å²) in [4.78, 5) is 0. The van der Waals surface area contributed by atoms with Gasteiger partial charge in [0.15, 0.2) is 0 Å². The van der Waals surface area contributed by atoms with Crippen molar-refractivity contribution >= 4 is 0 Å². The van der Waals surface area contributed by atoms with Crippen LogP contribution in [0.25, 0.3) is 0 Å². The van der Waals surface area contributed by atoms with E-state index < -0.39 is 0 Å². The third-order valence-electron chi connectivity index (χ3n) is 0.331. The van der Waals surface area contributed by atoms with Crippen LogP contribution in [0.5, 0.6) is 0 Å². The zero-order valence-corrected chi connectivity index (χ0v) is 4.96. The number of nitrogens with one attached hydrogen (secondary N) is 1. The second kappa shape index (κ2) is 6.10. The van der Waals surface area contributed by atoms with Crippen molar-refractivity contribution in [2.75, 3.05) is 14.2 Å². The van der Waals surface area contributed by atoms with Crippen molar-refractivity contribution in [3.63, 3.8) is 0 Å². The number of H-pyrrole nitrogens is 1. The summed E-state index contributed by atoms with van der Waals surface area (Å²) < 4.78 is 4.25. The molecule has 1 aromatic rings. The Bertz CT molecular complexity index is 78.2. The van der Waals surface area contributed by atoms with Gasteiger partial charge in [0.2, 0.25) is 0 Å². The second-order valence-corrected chi connectivity index (χ2v) is 1.07. The fraction of sp³-hybridized carbons (Fsp3) is 0.500. The number of ether oxygens (including phenoxy) is 1. The number of rotatable bonds is 0. The van der Waals surface area contributed by atoms with Crippen LogP contribution in [0, 0.1) is 0 Å². The second-order valence-electron chi connectivity index (χ2n) is 1.07. The Hall–Kier alpha value is -0.900. The molecule has 0 atom stereocenters. The SMILES string of the molecule is COC.c1c[nH]nn1. The van der Waals surface area contributed by atoms with E-state index in [0.717, 1.165) is 0 Å². The molecule has 1 heterocycles. The van der Waals surface area contributed by atoms with Crippen molar-refractivity contribution < 1.29 is 4.74 Å². The molecular weight excluding hydrogens is 106 g/mol. The normalized spacial score (nSPS) is 7.25. The predicted octanol–water partition coefficient (Wildman–Crippen LogP) is 0.0673. The lowest BCUT2D eigenvalue weighted by Crippen LogP contribution is -1.61. The summed E-state index contributed by atoms with van der Waals surface area (Å²) in [5.41, 5.74) is 0. The van der Waals surface area contributed by atoms with Gasteiger partial charge in [0.1, 0.15) is 0 Å². The molecule has 0 unspecified atom stereocenters. The Morgan fingerprint density at radius 1 is 1.50 bits per heavy atom. The maximum absolute atomic E-state index is 4.25. The van der Waals surface area contributed by atoms with Gasteiger partial charge in [-0.1, -0.05) is 5.21 Å². The molecule has 1 rings (SSSR count). The number of nitrogens with zero attached hydrogens (tertiary/aromatic N) is 2. The molecule has 0 saturated heterocycles. The van der Waals surface area contributed by atoms with Gasteiger partial charge in [-0.15, -0.1) is 5.10 Å². The molecule has 0 amide bonds. The maximum Gasteiger partial charge on any atom is 0.0690 e. The van der Waals surface area contributed by atoms with Crippen LogP contribution in [-0.4, -0.2) is 29.6 Å². The van der Waals surface area contributed by atoms with Crippen LogP contribution in [0.4, 0.5) is 0 Å². The summed E-state index contributed by atoms with van der Waals surface area (Å²) in [7, 11) is 3.25. The third-order valence-corrected chi connectivity index (χ3v) is 0.331. The number of aromatic nitrogens is 3. The molecule has 1 N–H and O–H groups in total. The number of aromatic amines is 1. The summed E-state index contributed by atoms with van der Waals surface area (Å²) in [5.74, 6) is 0.